The fourth-order valence-electron chi connectivity index (χ4n) is 2.26. The first-order chi connectivity index (χ1) is 13.6. The van der Waals surface area contributed by atoms with Crippen molar-refractivity contribution in [2.45, 2.75) is 6.92 Å². The number of aryl methyl sites for hydroxylation is 1. The fraction of sp³-hybridized carbons (Fsp3) is 0.211. The molecule has 2 rings (SSSR count). The molecule has 0 heterocycles. The van der Waals surface area contributed by atoms with Gasteiger partial charge in [-0.1, -0.05) is 17.7 Å². The maximum absolute atomic E-state index is 12.1. The van der Waals surface area contributed by atoms with Gasteiger partial charge in [0.05, 0.1) is 18.2 Å². The maximum Gasteiger partial charge on any atom is 0.260 e. The van der Waals surface area contributed by atoms with E-state index in [1.54, 1.807) is 48.5 Å². The van der Waals surface area contributed by atoms with E-state index in [9.17, 15) is 18.0 Å². The Hall–Kier alpha value is -3.40. The van der Waals surface area contributed by atoms with Crippen LogP contribution in [0.5, 0.6) is 5.75 Å². The number of anilines is 1. The molecule has 2 aromatic carbocycles. The van der Waals surface area contributed by atoms with E-state index >= 15 is 0 Å². The van der Waals surface area contributed by atoms with Gasteiger partial charge in [-0.15, -0.1) is 0 Å². The molecule has 0 spiro atoms. The van der Waals surface area contributed by atoms with Crippen LogP contribution in [0.4, 0.5) is 5.69 Å². The Morgan fingerprint density at radius 3 is 2.31 bits per heavy atom. The molecule has 0 atom stereocenters. The van der Waals surface area contributed by atoms with Gasteiger partial charge in [-0.2, -0.15) is 5.10 Å². The van der Waals surface area contributed by atoms with Crippen LogP contribution in [0.25, 0.3) is 0 Å². The molecule has 0 fully saturated rings. The van der Waals surface area contributed by atoms with Crippen molar-refractivity contribution in [1.82, 2.24) is 5.43 Å². The molecular weight excluding hydrogens is 396 g/mol. The number of nitrogens with zero attached hydrogens (tertiary/aromatic N) is 2. The van der Waals surface area contributed by atoms with Crippen molar-refractivity contribution in [3.63, 3.8) is 0 Å². The fourth-order valence-corrected chi connectivity index (χ4v) is 3.12. The van der Waals surface area contributed by atoms with Crippen LogP contribution in [-0.4, -0.2) is 45.9 Å². The minimum atomic E-state index is -3.65. The Morgan fingerprint density at radius 1 is 1.14 bits per heavy atom. The first-order valence-corrected chi connectivity index (χ1v) is 10.4. The molecule has 0 saturated carbocycles. The number of nitrogens with one attached hydrogen (secondary N) is 1. The Morgan fingerprint density at radius 2 is 1.76 bits per heavy atom. The van der Waals surface area contributed by atoms with Gasteiger partial charge < -0.3 is 10.5 Å². The molecule has 0 radical (unpaired) electrons. The normalized spacial score (nSPS) is 11.2. The van der Waals surface area contributed by atoms with Gasteiger partial charge in [-0.25, -0.2) is 13.8 Å². The zero-order valence-corrected chi connectivity index (χ0v) is 16.8. The Balaban J connectivity index is 1.96. The highest BCUT2D eigenvalue weighted by molar-refractivity contribution is 7.92. The second kappa shape index (κ2) is 9.69. The lowest BCUT2D eigenvalue weighted by Crippen LogP contribution is -2.39. The molecule has 154 valence electrons. The van der Waals surface area contributed by atoms with E-state index in [0.29, 0.717) is 17.0 Å². The number of carbonyl (C=O) groups is 2. The van der Waals surface area contributed by atoms with E-state index in [1.807, 2.05) is 6.92 Å². The van der Waals surface area contributed by atoms with Gasteiger partial charge in [0.15, 0.2) is 6.61 Å². The first kappa shape index (κ1) is 21.9. The molecule has 2 aromatic rings. The van der Waals surface area contributed by atoms with Gasteiger partial charge in [-0.05, 0) is 48.9 Å². The Bertz CT molecular complexity index is 986. The van der Waals surface area contributed by atoms with Crippen LogP contribution in [0.15, 0.2) is 53.6 Å². The highest BCUT2D eigenvalue weighted by atomic mass is 32.2. The zero-order valence-electron chi connectivity index (χ0n) is 16.0. The van der Waals surface area contributed by atoms with E-state index < -0.39 is 28.4 Å². The summed E-state index contributed by atoms with van der Waals surface area (Å²) in [5.41, 5.74) is 9.33. The van der Waals surface area contributed by atoms with E-state index in [2.05, 4.69) is 10.5 Å². The smallest absolute Gasteiger partial charge is 0.260 e. The lowest BCUT2D eigenvalue weighted by molar-refractivity contribution is -0.120. The largest absolute Gasteiger partial charge is 0.484 e. The second-order valence-corrected chi connectivity index (χ2v) is 8.13. The summed E-state index contributed by atoms with van der Waals surface area (Å²) in [6.07, 6.45) is 2.43. The highest BCUT2D eigenvalue weighted by Crippen LogP contribution is 2.17. The molecule has 3 N–H and O–H groups in total. The Labute approximate surface area is 169 Å². The van der Waals surface area contributed by atoms with Gasteiger partial charge in [-0.3, -0.25) is 13.9 Å². The number of sulfonamides is 1. The minimum Gasteiger partial charge on any atom is -0.484 e. The van der Waals surface area contributed by atoms with Crippen molar-refractivity contribution in [3.8, 4) is 5.75 Å². The van der Waals surface area contributed by atoms with Crippen molar-refractivity contribution in [3.05, 3.63) is 59.7 Å². The number of ether oxygens (including phenoxy) is 1. The monoisotopic (exact) mass is 418 g/mol. The molecule has 9 nitrogen and oxygen atoms in total. The quantitative estimate of drug-likeness (QED) is 0.459. The first-order valence-electron chi connectivity index (χ1n) is 8.52. The predicted molar refractivity (Wildman–Crippen MR) is 110 cm³/mol. The molecule has 0 unspecified atom stereocenters. The topological polar surface area (TPSA) is 131 Å². The zero-order chi connectivity index (χ0) is 21.4. The standard InChI is InChI=1S/C19H22N4O5S/c1-14-3-7-16(8-4-14)23(29(2,26)27)12-19(25)22-21-11-15-5-9-17(10-6-15)28-13-18(20)24/h3-11H,12-13H2,1-2H3,(H2,20,24)(H,22,25)/b21-11-. The number of carbonyl (C=O) groups excluding carboxylic acids is 2. The molecule has 10 heteroatoms. The molecule has 29 heavy (non-hydrogen) atoms. The molecule has 0 aromatic heterocycles. The highest BCUT2D eigenvalue weighted by Gasteiger charge is 2.20. The number of rotatable bonds is 9. The van der Waals surface area contributed by atoms with Gasteiger partial charge in [0, 0.05) is 0 Å². The van der Waals surface area contributed by atoms with Crippen molar-refractivity contribution in [1.29, 1.82) is 0 Å². The van der Waals surface area contributed by atoms with Gasteiger partial charge in [0.2, 0.25) is 10.0 Å². The molecule has 0 aliphatic rings. The third-order valence-electron chi connectivity index (χ3n) is 3.67. The number of nitrogens with two attached hydrogens (primary N) is 1. The van der Waals surface area contributed by atoms with Crippen LogP contribution in [0, 0.1) is 6.92 Å². The minimum absolute atomic E-state index is 0.221. The number of benzene rings is 2. The number of hydrogen-bond donors (Lipinski definition) is 2. The molecule has 0 aliphatic carbocycles. The van der Waals surface area contributed by atoms with E-state index in [-0.39, 0.29) is 6.61 Å². The summed E-state index contributed by atoms with van der Waals surface area (Å²) in [6, 6.07) is 13.4. The summed E-state index contributed by atoms with van der Waals surface area (Å²) >= 11 is 0. The molecule has 0 saturated heterocycles. The third kappa shape index (κ3) is 7.26. The van der Waals surface area contributed by atoms with E-state index in [4.69, 9.17) is 10.5 Å². The van der Waals surface area contributed by atoms with Crippen molar-refractivity contribution < 1.29 is 22.7 Å². The lowest BCUT2D eigenvalue weighted by Gasteiger charge is -2.21. The number of primary amides is 1. The summed E-state index contributed by atoms with van der Waals surface area (Å²) < 4.78 is 30.2. The van der Waals surface area contributed by atoms with Crippen LogP contribution in [0.3, 0.4) is 0 Å². The average molecular weight is 418 g/mol. The van der Waals surface area contributed by atoms with Crippen molar-refractivity contribution >= 4 is 33.7 Å². The Kier molecular flexibility index (Phi) is 7.32. The van der Waals surface area contributed by atoms with Gasteiger partial charge in [0.1, 0.15) is 12.3 Å². The van der Waals surface area contributed by atoms with Gasteiger partial charge >= 0.3 is 0 Å². The van der Waals surface area contributed by atoms with Crippen molar-refractivity contribution in [2.75, 3.05) is 23.7 Å². The average Bonchev–Trinajstić information content (AvgIpc) is 2.65. The van der Waals surface area contributed by atoms with E-state index in [0.717, 1.165) is 16.1 Å². The molecule has 2 amide bonds. The summed E-state index contributed by atoms with van der Waals surface area (Å²) in [6.45, 7) is 1.26. The van der Waals surface area contributed by atoms with Crippen molar-refractivity contribution in [2.24, 2.45) is 10.8 Å². The predicted octanol–water partition coefficient (Wildman–Crippen LogP) is 0.775. The number of hydrazone groups is 1. The molecule has 0 aliphatic heterocycles. The van der Waals surface area contributed by atoms with Crippen LogP contribution < -0.4 is 20.2 Å². The number of amides is 2. The van der Waals surface area contributed by atoms with Crippen LogP contribution in [0.1, 0.15) is 11.1 Å². The molecular formula is C19H22N4O5S. The van der Waals surface area contributed by atoms with Crippen LogP contribution in [-0.2, 0) is 19.6 Å². The third-order valence-corrected chi connectivity index (χ3v) is 4.81. The summed E-state index contributed by atoms with van der Waals surface area (Å²) in [5, 5.41) is 3.83. The second-order valence-electron chi connectivity index (χ2n) is 6.22. The SMILES string of the molecule is Cc1ccc(N(CC(=O)N/N=C\c2ccc(OCC(N)=O)cc2)S(C)(=O)=O)cc1. The van der Waals surface area contributed by atoms with Gasteiger partial charge in [0.25, 0.3) is 11.8 Å². The van der Waals surface area contributed by atoms with Crippen LogP contribution >= 0.6 is 0 Å². The van der Waals surface area contributed by atoms with Crippen LogP contribution in [0.2, 0.25) is 0 Å². The van der Waals surface area contributed by atoms with E-state index in [1.165, 1.54) is 6.21 Å². The molecule has 0 bridgehead atoms. The summed E-state index contributed by atoms with van der Waals surface area (Å²) in [5.74, 6) is -0.701. The summed E-state index contributed by atoms with van der Waals surface area (Å²) in [4.78, 5) is 22.8. The lowest BCUT2D eigenvalue weighted by atomic mass is 10.2. The summed E-state index contributed by atoms with van der Waals surface area (Å²) in [7, 11) is -3.65. The maximum atomic E-state index is 12.1. The number of hydrogen-bond acceptors (Lipinski definition) is 6.